The Labute approximate surface area is 104 Å². The molecular weight excluding hydrogens is 214 g/mol. The second-order valence-electron chi connectivity index (χ2n) is 4.98. The molecule has 1 aromatic rings. The average Bonchev–Trinajstić information content (AvgIpc) is 2.24. The Hall–Kier alpha value is -0.970. The molecule has 1 aromatic heterocycles. The van der Waals surface area contributed by atoms with Crippen molar-refractivity contribution in [2.45, 2.75) is 18.9 Å². The molecule has 0 saturated heterocycles. The van der Waals surface area contributed by atoms with E-state index in [0.717, 1.165) is 18.7 Å². The van der Waals surface area contributed by atoms with E-state index in [2.05, 4.69) is 10.3 Å². The first kappa shape index (κ1) is 14.1. The Morgan fingerprint density at radius 1 is 1.41 bits per heavy atom. The second-order valence-corrected chi connectivity index (χ2v) is 4.98. The normalized spacial score (nSPS) is 14.9. The van der Waals surface area contributed by atoms with Gasteiger partial charge in [0.1, 0.15) is 0 Å². The van der Waals surface area contributed by atoms with Crippen LogP contribution in [-0.2, 0) is 6.42 Å². The summed E-state index contributed by atoms with van der Waals surface area (Å²) in [6.07, 6.45) is 2.69. The van der Waals surface area contributed by atoms with Crippen LogP contribution in [0.15, 0.2) is 24.4 Å². The average molecular weight is 237 g/mol. The van der Waals surface area contributed by atoms with E-state index in [1.165, 1.54) is 0 Å². The summed E-state index contributed by atoms with van der Waals surface area (Å²) in [5.74, 6) is 0. The van der Waals surface area contributed by atoms with Crippen LogP contribution in [0.2, 0.25) is 0 Å². The molecular formula is C13H23N3O. The highest BCUT2D eigenvalue weighted by Crippen LogP contribution is 2.02. The predicted molar refractivity (Wildman–Crippen MR) is 70.0 cm³/mol. The van der Waals surface area contributed by atoms with Crippen LogP contribution >= 0.6 is 0 Å². The third kappa shape index (κ3) is 6.36. The molecule has 1 heterocycles. The minimum Gasteiger partial charge on any atom is -0.388 e. The van der Waals surface area contributed by atoms with Crippen molar-refractivity contribution in [2.24, 2.45) is 0 Å². The summed E-state index contributed by atoms with van der Waals surface area (Å²) in [5, 5.41) is 13.3. The molecule has 4 heteroatoms. The van der Waals surface area contributed by atoms with E-state index in [1.807, 2.05) is 44.1 Å². The lowest BCUT2D eigenvalue weighted by molar-refractivity contribution is 0.0341. The monoisotopic (exact) mass is 237 g/mol. The molecule has 96 valence electrons. The molecule has 0 aromatic carbocycles. The molecule has 0 aliphatic rings. The van der Waals surface area contributed by atoms with Gasteiger partial charge in [-0.3, -0.25) is 4.98 Å². The molecule has 0 spiro atoms. The summed E-state index contributed by atoms with van der Waals surface area (Å²) >= 11 is 0. The second kappa shape index (κ2) is 6.69. The largest absolute Gasteiger partial charge is 0.388 e. The zero-order chi connectivity index (χ0) is 12.7. The Kier molecular flexibility index (Phi) is 5.55. The van der Waals surface area contributed by atoms with E-state index in [4.69, 9.17) is 0 Å². The Balaban J connectivity index is 2.20. The van der Waals surface area contributed by atoms with E-state index in [1.54, 1.807) is 6.20 Å². The fraction of sp³-hybridized carbons (Fsp3) is 0.615. The van der Waals surface area contributed by atoms with E-state index < -0.39 is 5.60 Å². The quantitative estimate of drug-likeness (QED) is 0.679. The lowest BCUT2D eigenvalue weighted by Crippen LogP contribution is -2.45. The number of hydrogen-bond acceptors (Lipinski definition) is 4. The Morgan fingerprint density at radius 3 is 2.76 bits per heavy atom. The predicted octanol–water partition coefficient (Wildman–Crippen LogP) is 0.526. The van der Waals surface area contributed by atoms with Gasteiger partial charge in [0.25, 0.3) is 0 Å². The fourth-order valence-electron chi connectivity index (χ4n) is 1.86. The summed E-state index contributed by atoms with van der Waals surface area (Å²) < 4.78 is 0. The first-order valence-electron chi connectivity index (χ1n) is 5.97. The molecule has 0 saturated carbocycles. The van der Waals surface area contributed by atoms with Gasteiger partial charge in [-0.1, -0.05) is 6.07 Å². The molecule has 17 heavy (non-hydrogen) atoms. The summed E-state index contributed by atoms with van der Waals surface area (Å²) in [4.78, 5) is 6.24. The standard InChI is InChI=1S/C13H23N3O/c1-13(17,11-16(2)3)10-14-9-7-12-6-4-5-8-15-12/h4-6,8,14,17H,7,9-11H2,1-3H3. The summed E-state index contributed by atoms with van der Waals surface area (Å²) in [7, 11) is 3.92. The SMILES string of the molecule is CN(C)CC(C)(O)CNCCc1ccccn1. The fourth-order valence-corrected chi connectivity index (χ4v) is 1.86. The molecule has 0 aliphatic carbocycles. The van der Waals surface area contributed by atoms with Gasteiger partial charge < -0.3 is 15.3 Å². The van der Waals surface area contributed by atoms with Gasteiger partial charge in [0.15, 0.2) is 0 Å². The zero-order valence-electron chi connectivity index (χ0n) is 11.0. The van der Waals surface area contributed by atoms with Gasteiger partial charge in [-0.15, -0.1) is 0 Å². The molecule has 0 bridgehead atoms. The molecule has 0 radical (unpaired) electrons. The van der Waals surface area contributed by atoms with Crippen molar-refractivity contribution in [3.63, 3.8) is 0 Å². The van der Waals surface area contributed by atoms with Gasteiger partial charge in [-0.05, 0) is 33.2 Å². The maximum atomic E-state index is 10.1. The van der Waals surface area contributed by atoms with Crippen LogP contribution in [0.4, 0.5) is 0 Å². The summed E-state index contributed by atoms with van der Waals surface area (Å²) in [5.41, 5.74) is 0.389. The van der Waals surface area contributed by atoms with Crippen LogP contribution in [-0.4, -0.2) is 54.3 Å². The maximum absolute atomic E-state index is 10.1. The highest BCUT2D eigenvalue weighted by molar-refractivity contribution is 5.03. The highest BCUT2D eigenvalue weighted by atomic mass is 16.3. The van der Waals surface area contributed by atoms with E-state index in [0.29, 0.717) is 13.1 Å². The van der Waals surface area contributed by atoms with Gasteiger partial charge >= 0.3 is 0 Å². The Bertz CT molecular complexity index is 312. The number of pyridine rings is 1. The zero-order valence-corrected chi connectivity index (χ0v) is 11.0. The number of nitrogens with one attached hydrogen (secondary N) is 1. The van der Waals surface area contributed by atoms with Gasteiger partial charge in [-0.25, -0.2) is 0 Å². The molecule has 0 amide bonds. The van der Waals surface area contributed by atoms with Gasteiger partial charge in [0.2, 0.25) is 0 Å². The van der Waals surface area contributed by atoms with Crippen molar-refractivity contribution in [2.75, 3.05) is 33.7 Å². The maximum Gasteiger partial charge on any atom is 0.0869 e. The van der Waals surface area contributed by atoms with Crippen LogP contribution in [0.1, 0.15) is 12.6 Å². The summed E-state index contributed by atoms with van der Waals surface area (Å²) in [6, 6.07) is 5.92. The van der Waals surface area contributed by atoms with Gasteiger partial charge in [-0.2, -0.15) is 0 Å². The topological polar surface area (TPSA) is 48.4 Å². The molecule has 1 rings (SSSR count). The number of aromatic nitrogens is 1. The minimum atomic E-state index is -0.687. The Morgan fingerprint density at radius 2 is 2.18 bits per heavy atom. The first-order valence-corrected chi connectivity index (χ1v) is 5.97. The third-order valence-corrected chi connectivity index (χ3v) is 2.45. The van der Waals surface area contributed by atoms with Crippen LogP contribution in [0.5, 0.6) is 0 Å². The van der Waals surface area contributed by atoms with E-state index >= 15 is 0 Å². The van der Waals surface area contributed by atoms with Crippen molar-refractivity contribution < 1.29 is 5.11 Å². The number of nitrogens with zero attached hydrogens (tertiary/aromatic N) is 2. The third-order valence-electron chi connectivity index (χ3n) is 2.45. The van der Waals surface area contributed by atoms with Crippen molar-refractivity contribution in [1.82, 2.24) is 15.2 Å². The molecule has 1 atom stereocenters. The molecule has 0 fully saturated rings. The molecule has 4 nitrogen and oxygen atoms in total. The first-order chi connectivity index (χ1) is 7.99. The van der Waals surface area contributed by atoms with Crippen LogP contribution in [0.25, 0.3) is 0 Å². The van der Waals surface area contributed by atoms with Crippen molar-refractivity contribution >= 4 is 0 Å². The number of rotatable bonds is 7. The van der Waals surface area contributed by atoms with Crippen LogP contribution in [0.3, 0.4) is 0 Å². The number of hydrogen-bond donors (Lipinski definition) is 2. The van der Waals surface area contributed by atoms with Crippen molar-refractivity contribution in [3.8, 4) is 0 Å². The van der Waals surface area contributed by atoms with E-state index in [-0.39, 0.29) is 0 Å². The smallest absolute Gasteiger partial charge is 0.0869 e. The van der Waals surface area contributed by atoms with Gasteiger partial charge in [0, 0.05) is 37.9 Å². The van der Waals surface area contributed by atoms with E-state index in [9.17, 15) is 5.11 Å². The summed E-state index contributed by atoms with van der Waals surface area (Å²) in [6.45, 7) is 3.93. The molecule has 1 unspecified atom stereocenters. The lowest BCUT2D eigenvalue weighted by atomic mass is 10.1. The van der Waals surface area contributed by atoms with Crippen molar-refractivity contribution in [1.29, 1.82) is 0 Å². The van der Waals surface area contributed by atoms with Crippen LogP contribution in [0, 0.1) is 0 Å². The van der Waals surface area contributed by atoms with Gasteiger partial charge in [0.05, 0.1) is 5.60 Å². The lowest BCUT2D eigenvalue weighted by Gasteiger charge is -2.27. The van der Waals surface area contributed by atoms with Crippen LogP contribution < -0.4 is 5.32 Å². The minimum absolute atomic E-state index is 0.595. The molecule has 0 aliphatic heterocycles. The number of aliphatic hydroxyl groups is 1. The molecule has 2 N–H and O–H groups in total. The number of likely N-dealkylation sites (N-methyl/N-ethyl adjacent to an activating group) is 1. The highest BCUT2D eigenvalue weighted by Gasteiger charge is 2.20. The van der Waals surface area contributed by atoms with Crippen molar-refractivity contribution in [3.05, 3.63) is 30.1 Å².